The average molecular weight is 446 g/mol. The molecule has 1 aliphatic rings. The highest BCUT2D eigenvalue weighted by atomic mass is 16.5. The maximum atomic E-state index is 12.7. The van der Waals surface area contributed by atoms with Gasteiger partial charge in [-0.05, 0) is 48.4 Å². The lowest BCUT2D eigenvalue weighted by Crippen LogP contribution is -2.30. The molecule has 1 fully saturated rings. The largest absolute Gasteiger partial charge is 0.489 e. The first-order chi connectivity index (χ1) is 15.9. The average Bonchev–Trinajstić information content (AvgIpc) is 3.39. The first-order valence-corrected chi connectivity index (χ1v) is 10.2. The van der Waals surface area contributed by atoms with Crippen molar-refractivity contribution in [1.29, 1.82) is 0 Å². The van der Waals surface area contributed by atoms with Crippen LogP contribution in [0.25, 0.3) is 6.08 Å². The summed E-state index contributed by atoms with van der Waals surface area (Å²) in [6, 6.07) is 17.7. The summed E-state index contributed by atoms with van der Waals surface area (Å²) in [5.74, 6) is -0.142. The zero-order valence-corrected chi connectivity index (χ0v) is 18.2. The molecule has 1 aliphatic heterocycles. The number of nitrogens with zero attached hydrogens (tertiary/aromatic N) is 1. The van der Waals surface area contributed by atoms with Gasteiger partial charge in [-0.3, -0.25) is 9.69 Å². The molecular weight excluding hydrogens is 424 g/mol. The number of benzene rings is 2. The molecule has 3 amide bonds. The summed E-state index contributed by atoms with van der Waals surface area (Å²) >= 11 is 0. The van der Waals surface area contributed by atoms with Gasteiger partial charge in [0.1, 0.15) is 23.8 Å². The van der Waals surface area contributed by atoms with E-state index in [9.17, 15) is 14.4 Å². The van der Waals surface area contributed by atoms with Gasteiger partial charge in [0.25, 0.3) is 5.91 Å². The number of amides is 3. The number of urea groups is 1. The van der Waals surface area contributed by atoms with Crippen molar-refractivity contribution in [3.8, 4) is 5.75 Å². The second kappa shape index (κ2) is 9.44. The van der Waals surface area contributed by atoms with E-state index in [1.807, 2.05) is 31.2 Å². The normalized spacial score (nSPS) is 14.5. The van der Waals surface area contributed by atoms with Gasteiger partial charge in [0.05, 0.1) is 13.7 Å². The van der Waals surface area contributed by atoms with Crippen LogP contribution < -0.4 is 10.1 Å². The zero-order valence-electron chi connectivity index (χ0n) is 18.2. The summed E-state index contributed by atoms with van der Waals surface area (Å²) < 4.78 is 15.7. The summed E-state index contributed by atoms with van der Waals surface area (Å²) in [6.45, 7) is 2.38. The molecule has 8 nitrogen and oxygen atoms in total. The Hall–Kier alpha value is -4.33. The molecule has 33 heavy (non-hydrogen) atoms. The highest BCUT2D eigenvalue weighted by Gasteiger charge is 2.34. The Labute approximate surface area is 190 Å². The maximum absolute atomic E-state index is 12.7. The van der Waals surface area contributed by atoms with Gasteiger partial charge in [0, 0.05) is 0 Å². The summed E-state index contributed by atoms with van der Waals surface area (Å²) in [5, 5.41) is 2.56. The van der Waals surface area contributed by atoms with Crippen LogP contribution in [-0.4, -0.2) is 29.9 Å². The number of carbonyl (C=O) groups excluding carboxylic acids is 3. The third-order valence-electron chi connectivity index (χ3n) is 5.04. The highest BCUT2D eigenvalue weighted by molar-refractivity contribution is 6.13. The number of esters is 1. The monoisotopic (exact) mass is 446 g/mol. The van der Waals surface area contributed by atoms with E-state index < -0.39 is 17.9 Å². The molecule has 0 radical (unpaired) electrons. The molecule has 0 atom stereocenters. The number of hydrogen-bond acceptors (Lipinski definition) is 6. The Morgan fingerprint density at radius 1 is 1.03 bits per heavy atom. The van der Waals surface area contributed by atoms with Crippen molar-refractivity contribution in [3.05, 3.63) is 94.6 Å². The Balaban J connectivity index is 1.39. The molecule has 1 saturated heterocycles. The number of rotatable bonds is 7. The van der Waals surface area contributed by atoms with Crippen LogP contribution in [0.5, 0.6) is 5.75 Å². The summed E-state index contributed by atoms with van der Waals surface area (Å²) in [7, 11) is 1.24. The molecular formula is C25H22N2O6. The van der Waals surface area contributed by atoms with Crippen LogP contribution in [0.15, 0.2) is 70.8 Å². The fourth-order valence-corrected chi connectivity index (χ4v) is 3.22. The van der Waals surface area contributed by atoms with Gasteiger partial charge in [0.2, 0.25) is 5.76 Å². The van der Waals surface area contributed by atoms with E-state index in [2.05, 4.69) is 10.1 Å². The SMILES string of the molecule is COC(=O)c1ccc(CN2C(=O)NC(=Cc3ccc(OCc4ccc(C)cc4)cc3)C2=O)o1. The van der Waals surface area contributed by atoms with Crippen LogP contribution in [-0.2, 0) is 22.7 Å². The molecule has 2 heterocycles. The Bertz CT molecular complexity index is 1210. The zero-order chi connectivity index (χ0) is 23.4. The number of methoxy groups -OCH3 is 1. The second-order valence-electron chi connectivity index (χ2n) is 7.48. The summed E-state index contributed by atoms with van der Waals surface area (Å²) in [4.78, 5) is 37.5. The van der Waals surface area contributed by atoms with Crippen molar-refractivity contribution >= 4 is 24.0 Å². The minimum atomic E-state index is -0.634. The topological polar surface area (TPSA) is 98.1 Å². The van der Waals surface area contributed by atoms with E-state index in [4.69, 9.17) is 9.15 Å². The van der Waals surface area contributed by atoms with Crippen molar-refractivity contribution in [1.82, 2.24) is 10.2 Å². The lowest BCUT2D eigenvalue weighted by Gasteiger charge is -2.09. The standard InChI is InChI=1S/C25H22N2O6/c1-16-3-5-18(6-4-16)15-32-19-9-7-17(8-10-19)13-21-23(28)27(25(30)26-21)14-20-11-12-22(33-20)24(29)31-2/h3-13H,14-15H2,1-2H3,(H,26,30). The van der Waals surface area contributed by atoms with Crippen molar-refractivity contribution in [3.63, 3.8) is 0 Å². The molecule has 3 aromatic rings. The molecule has 0 spiro atoms. The van der Waals surface area contributed by atoms with Gasteiger partial charge in [-0.1, -0.05) is 42.0 Å². The molecule has 0 aliphatic carbocycles. The van der Waals surface area contributed by atoms with E-state index >= 15 is 0 Å². The van der Waals surface area contributed by atoms with Gasteiger partial charge in [-0.15, -0.1) is 0 Å². The van der Waals surface area contributed by atoms with Crippen molar-refractivity contribution in [2.75, 3.05) is 7.11 Å². The van der Waals surface area contributed by atoms with Gasteiger partial charge in [-0.25, -0.2) is 9.59 Å². The van der Waals surface area contributed by atoms with Crippen molar-refractivity contribution in [2.24, 2.45) is 0 Å². The maximum Gasteiger partial charge on any atom is 0.373 e. The molecule has 8 heteroatoms. The molecule has 4 rings (SSSR count). The lowest BCUT2D eigenvalue weighted by molar-refractivity contribution is -0.123. The summed E-state index contributed by atoms with van der Waals surface area (Å²) in [6.07, 6.45) is 1.59. The predicted octanol–water partition coefficient (Wildman–Crippen LogP) is 4.05. The first kappa shape index (κ1) is 21.9. The number of ether oxygens (including phenoxy) is 2. The van der Waals surface area contributed by atoms with Gasteiger partial charge >= 0.3 is 12.0 Å². The van der Waals surface area contributed by atoms with E-state index in [1.54, 1.807) is 30.3 Å². The molecule has 2 aromatic carbocycles. The fourth-order valence-electron chi connectivity index (χ4n) is 3.22. The molecule has 0 bridgehead atoms. The fraction of sp³-hybridized carbons (Fsp3) is 0.160. The molecule has 1 N–H and O–H groups in total. The minimum absolute atomic E-state index is 0.00000603. The number of aryl methyl sites for hydroxylation is 1. The van der Waals surface area contributed by atoms with Crippen LogP contribution >= 0.6 is 0 Å². The highest BCUT2D eigenvalue weighted by Crippen LogP contribution is 2.20. The number of hydrogen-bond donors (Lipinski definition) is 1. The Kier molecular flexibility index (Phi) is 6.26. The van der Waals surface area contributed by atoms with Crippen molar-refractivity contribution < 1.29 is 28.3 Å². The lowest BCUT2D eigenvalue weighted by atomic mass is 10.1. The quantitative estimate of drug-likeness (QED) is 0.334. The van der Waals surface area contributed by atoms with E-state index in [0.717, 1.165) is 16.0 Å². The second-order valence-corrected chi connectivity index (χ2v) is 7.48. The third-order valence-corrected chi connectivity index (χ3v) is 5.04. The molecule has 0 saturated carbocycles. The van der Waals surface area contributed by atoms with Crippen molar-refractivity contribution in [2.45, 2.75) is 20.1 Å². The minimum Gasteiger partial charge on any atom is -0.489 e. The van der Waals surface area contributed by atoms with Crippen LogP contribution in [0.2, 0.25) is 0 Å². The first-order valence-electron chi connectivity index (χ1n) is 10.2. The van der Waals surface area contributed by atoms with Crippen LogP contribution in [0, 0.1) is 6.92 Å². The number of carbonyl (C=O) groups is 3. The van der Waals surface area contributed by atoms with Gasteiger partial charge in [0.15, 0.2) is 0 Å². The van der Waals surface area contributed by atoms with Gasteiger partial charge in [-0.2, -0.15) is 0 Å². The van der Waals surface area contributed by atoms with E-state index in [1.165, 1.54) is 24.8 Å². The number of furan rings is 1. The van der Waals surface area contributed by atoms with Crippen LogP contribution in [0.3, 0.4) is 0 Å². The van der Waals surface area contributed by atoms with E-state index in [-0.39, 0.29) is 23.8 Å². The molecule has 1 aromatic heterocycles. The molecule has 0 unspecified atom stereocenters. The third kappa shape index (κ3) is 5.12. The van der Waals surface area contributed by atoms with E-state index in [0.29, 0.717) is 12.4 Å². The number of imide groups is 1. The summed E-state index contributed by atoms with van der Waals surface area (Å²) in [5.41, 5.74) is 3.14. The van der Waals surface area contributed by atoms with Crippen LogP contribution in [0.1, 0.15) is 33.0 Å². The molecule has 168 valence electrons. The Morgan fingerprint density at radius 2 is 1.76 bits per heavy atom. The predicted molar refractivity (Wildman–Crippen MR) is 119 cm³/mol. The Morgan fingerprint density at radius 3 is 2.45 bits per heavy atom. The van der Waals surface area contributed by atoms with Gasteiger partial charge < -0.3 is 19.2 Å². The smallest absolute Gasteiger partial charge is 0.373 e. The van der Waals surface area contributed by atoms with Crippen LogP contribution in [0.4, 0.5) is 4.79 Å². The number of nitrogens with one attached hydrogen (secondary N) is 1.